The molecule has 8 heteroatoms. The zero-order chi connectivity index (χ0) is 24.1. The molecule has 2 fully saturated rings. The Kier molecular flexibility index (Phi) is 7.29. The molecule has 3 aromatic rings. The van der Waals surface area contributed by atoms with Gasteiger partial charge in [-0.05, 0) is 75.0 Å². The van der Waals surface area contributed by atoms with Crippen molar-refractivity contribution in [2.24, 2.45) is 5.41 Å². The number of H-pyrrole nitrogens is 2. The monoisotopic (exact) mass is 475 g/mol. The molecule has 1 spiro atoms. The molecule has 0 radical (unpaired) electrons. The second kappa shape index (κ2) is 10.7. The standard InChI is InChI=1S/C27H37N7O/c1-2-14-33-17-9-27(21-33)7-15-32(16-8-27)18-22-3-5-23(6-4-22)26(35)34(19-24-28-10-11-29-24)20-25-30-12-13-31-25/h3-6,10-13H,2,7-9,14-21H2,1H3,(H,28,29)(H,30,31). The average molecular weight is 476 g/mol. The van der Waals surface area contributed by atoms with Crippen LogP contribution in [0.1, 0.15) is 60.2 Å². The van der Waals surface area contributed by atoms with E-state index in [1.54, 1.807) is 29.7 Å². The van der Waals surface area contributed by atoms with Crippen molar-refractivity contribution in [2.75, 3.05) is 32.7 Å². The molecule has 0 saturated carbocycles. The molecule has 5 rings (SSSR count). The van der Waals surface area contributed by atoms with Gasteiger partial charge in [-0.15, -0.1) is 0 Å². The number of hydrogen-bond acceptors (Lipinski definition) is 5. The molecule has 0 unspecified atom stereocenters. The van der Waals surface area contributed by atoms with Gasteiger partial charge in [0.1, 0.15) is 11.6 Å². The molecule has 0 aliphatic carbocycles. The lowest BCUT2D eigenvalue weighted by Gasteiger charge is -2.39. The molecule has 2 aromatic heterocycles. The van der Waals surface area contributed by atoms with Crippen LogP contribution in [-0.4, -0.2) is 73.3 Å². The first kappa shape index (κ1) is 23.8. The summed E-state index contributed by atoms with van der Waals surface area (Å²) in [7, 11) is 0. The van der Waals surface area contributed by atoms with E-state index in [0.717, 1.165) is 18.2 Å². The van der Waals surface area contributed by atoms with Crippen LogP contribution in [0.15, 0.2) is 49.1 Å². The Labute approximate surface area is 207 Å². The van der Waals surface area contributed by atoms with Crippen molar-refractivity contribution in [1.29, 1.82) is 0 Å². The maximum Gasteiger partial charge on any atom is 0.254 e. The Bertz CT molecular complexity index is 1020. The number of piperidine rings is 1. The number of carbonyl (C=O) groups is 1. The molecule has 35 heavy (non-hydrogen) atoms. The zero-order valence-electron chi connectivity index (χ0n) is 20.7. The third-order valence-electron chi connectivity index (χ3n) is 7.66. The van der Waals surface area contributed by atoms with Crippen molar-refractivity contribution >= 4 is 5.91 Å². The van der Waals surface area contributed by atoms with E-state index in [2.05, 4.69) is 48.8 Å². The van der Waals surface area contributed by atoms with Gasteiger partial charge < -0.3 is 19.8 Å². The lowest BCUT2D eigenvalue weighted by molar-refractivity contribution is 0.0721. The summed E-state index contributed by atoms with van der Waals surface area (Å²) in [5.74, 6) is 1.48. The lowest BCUT2D eigenvalue weighted by Crippen LogP contribution is -2.41. The normalized spacial score (nSPS) is 18.3. The van der Waals surface area contributed by atoms with E-state index < -0.39 is 0 Å². The van der Waals surface area contributed by atoms with Crippen molar-refractivity contribution in [3.63, 3.8) is 0 Å². The van der Waals surface area contributed by atoms with Gasteiger partial charge in [-0.2, -0.15) is 0 Å². The van der Waals surface area contributed by atoms with Crippen molar-refractivity contribution in [2.45, 2.75) is 52.2 Å². The first-order valence-corrected chi connectivity index (χ1v) is 12.9. The summed E-state index contributed by atoms with van der Waals surface area (Å²) >= 11 is 0. The first-order chi connectivity index (χ1) is 17.1. The van der Waals surface area contributed by atoms with Crippen LogP contribution in [0.5, 0.6) is 0 Å². The van der Waals surface area contributed by atoms with Gasteiger partial charge in [-0.1, -0.05) is 19.1 Å². The highest BCUT2D eigenvalue weighted by Gasteiger charge is 2.40. The van der Waals surface area contributed by atoms with Crippen LogP contribution in [0, 0.1) is 5.41 Å². The quantitative estimate of drug-likeness (QED) is 0.493. The first-order valence-electron chi connectivity index (χ1n) is 12.9. The Morgan fingerprint density at radius 3 is 2.09 bits per heavy atom. The number of nitrogens with one attached hydrogen (secondary N) is 2. The van der Waals surface area contributed by atoms with Gasteiger partial charge in [0.2, 0.25) is 0 Å². The maximum absolute atomic E-state index is 13.3. The molecule has 8 nitrogen and oxygen atoms in total. The van der Waals surface area contributed by atoms with E-state index in [1.165, 1.54) is 64.0 Å². The number of rotatable bonds is 9. The topological polar surface area (TPSA) is 84.2 Å². The van der Waals surface area contributed by atoms with Gasteiger partial charge >= 0.3 is 0 Å². The number of nitrogens with zero attached hydrogens (tertiary/aromatic N) is 5. The minimum absolute atomic E-state index is 0.0258. The summed E-state index contributed by atoms with van der Waals surface area (Å²) in [6, 6.07) is 8.13. The van der Waals surface area contributed by atoms with Crippen LogP contribution in [-0.2, 0) is 19.6 Å². The molecule has 0 bridgehead atoms. The second-order valence-corrected chi connectivity index (χ2v) is 10.2. The van der Waals surface area contributed by atoms with Crippen molar-refractivity contribution in [3.05, 3.63) is 71.8 Å². The molecule has 1 amide bonds. The van der Waals surface area contributed by atoms with E-state index >= 15 is 0 Å². The van der Waals surface area contributed by atoms with Crippen LogP contribution in [0.4, 0.5) is 0 Å². The Hall–Kier alpha value is -2.97. The van der Waals surface area contributed by atoms with Crippen LogP contribution in [0.3, 0.4) is 0 Å². The zero-order valence-corrected chi connectivity index (χ0v) is 20.7. The van der Waals surface area contributed by atoms with E-state index in [0.29, 0.717) is 24.1 Å². The molecule has 2 saturated heterocycles. The third-order valence-corrected chi connectivity index (χ3v) is 7.66. The molecule has 2 aliphatic rings. The Balaban J connectivity index is 1.17. The number of aromatic amines is 2. The second-order valence-electron chi connectivity index (χ2n) is 10.2. The fourth-order valence-electron chi connectivity index (χ4n) is 5.65. The Morgan fingerprint density at radius 1 is 0.943 bits per heavy atom. The van der Waals surface area contributed by atoms with Crippen molar-refractivity contribution in [1.82, 2.24) is 34.6 Å². The molecule has 0 atom stereocenters. The number of benzene rings is 1. The van der Waals surface area contributed by atoms with Gasteiger partial charge in [-0.3, -0.25) is 9.69 Å². The highest BCUT2D eigenvalue weighted by atomic mass is 16.2. The summed E-state index contributed by atoms with van der Waals surface area (Å²) in [5.41, 5.74) is 2.50. The maximum atomic E-state index is 13.3. The largest absolute Gasteiger partial charge is 0.347 e. The van der Waals surface area contributed by atoms with Gasteiger partial charge in [0, 0.05) is 43.4 Å². The summed E-state index contributed by atoms with van der Waals surface area (Å²) < 4.78 is 0. The van der Waals surface area contributed by atoms with Crippen LogP contribution >= 0.6 is 0 Å². The number of hydrogen-bond donors (Lipinski definition) is 2. The number of imidazole rings is 2. The van der Waals surface area contributed by atoms with Gasteiger partial charge in [-0.25, -0.2) is 9.97 Å². The number of likely N-dealkylation sites (tertiary alicyclic amines) is 2. The van der Waals surface area contributed by atoms with E-state index in [9.17, 15) is 4.79 Å². The molecular formula is C27H37N7O. The SMILES string of the molecule is CCCN1CCC2(CCN(Cc3ccc(C(=O)N(Cc4ncc[nH]4)Cc4ncc[nH]4)cc3)CC2)C1. The molecule has 2 N–H and O–H groups in total. The van der Waals surface area contributed by atoms with Gasteiger partial charge in [0.05, 0.1) is 13.1 Å². The third kappa shape index (κ3) is 5.82. The summed E-state index contributed by atoms with van der Waals surface area (Å²) in [6.07, 6.45) is 12.2. The fourth-order valence-corrected chi connectivity index (χ4v) is 5.65. The van der Waals surface area contributed by atoms with E-state index in [-0.39, 0.29) is 5.91 Å². The van der Waals surface area contributed by atoms with Crippen molar-refractivity contribution in [3.8, 4) is 0 Å². The minimum Gasteiger partial charge on any atom is -0.347 e. The van der Waals surface area contributed by atoms with E-state index in [1.807, 2.05) is 12.1 Å². The summed E-state index contributed by atoms with van der Waals surface area (Å²) in [5, 5.41) is 0. The number of amides is 1. The predicted octanol–water partition coefficient (Wildman–Crippen LogP) is 3.67. The molecule has 4 heterocycles. The highest BCUT2D eigenvalue weighted by Crippen LogP contribution is 2.40. The van der Waals surface area contributed by atoms with Crippen LogP contribution in [0.2, 0.25) is 0 Å². The lowest BCUT2D eigenvalue weighted by atomic mass is 9.77. The smallest absolute Gasteiger partial charge is 0.254 e. The highest BCUT2D eigenvalue weighted by molar-refractivity contribution is 5.94. The molecule has 186 valence electrons. The summed E-state index contributed by atoms with van der Waals surface area (Å²) in [6.45, 7) is 10.2. The van der Waals surface area contributed by atoms with E-state index in [4.69, 9.17) is 0 Å². The summed E-state index contributed by atoms with van der Waals surface area (Å²) in [4.78, 5) is 35.1. The molecule has 2 aliphatic heterocycles. The number of carbonyl (C=O) groups excluding carboxylic acids is 1. The van der Waals surface area contributed by atoms with Gasteiger partial charge in [0.25, 0.3) is 5.91 Å². The predicted molar refractivity (Wildman–Crippen MR) is 135 cm³/mol. The average Bonchev–Trinajstić information content (AvgIpc) is 3.65. The van der Waals surface area contributed by atoms with Crippen LogP contribution in [0.25, 0.3) is 0 Å². The molecule has 1 aromatic carbocycles. The van der Waals surface area contributed by atoms with Crippen LogP contribution < -0.4 is 0 Å². The fraction of sp³-hybridized carbons (Fsp3) is 0.519. The molecular weight excluding hydrogens is 438 g/mol. The minimum atomic E-state index is -0.0258. The van der Waals surface area contributed by atoms with Gasteiger partial charge in [0.15, 0.2) is 0 Å². The van der Waals surface area contributed by atoms with Crippen molar-refractivity contribution < 1.29 is 4.79 Å². The Morgan fingerprint density at radius 2 is 1.54 bits per heavy atom. The number of aromatic nitrogens is 4.